The number of carbonyl (C=O) groups excluding carboxylic acids is 2. The maximum absolute atomic E-state index is 13.6. The Labute approximate surface area is 193 Å². The maximum Gasteiger partial charge on any atom is 0.277 e. The normalized spacial score (nSPS) is 12.5. The fraction of sp³-hybridized carbons (Fsp3) is 0.125. The van der Waals surface area contributed by atoms with E-state index in [1.54, 1.807) is 11.0 Å². The van der Waals surface area contributed by atoms with Crippen molar-refractivity contribution in [3.05, 3.63) is 88.6 Å². The van der Waals surface area contributed by atoms with Crippen LogP contribution in [0.25, 0.3) is 11.3 Å². The van der Waals surface area contributed by atoms with Crippen LogP contribution in [-0.4, -0.2) is 33.3 Å². The molecular weight excluding hydrogens is 441 g/mol. The number of fused-ring (bicyclic) bond motifs is 1. The van der Waals surface area contributed by atoms with Gasteiger partial charge < -0.3 is 4.90 Å². The van der Waals surface area contributed by atoms with E-state index in [0.717, 1.165) is 27.4 Å². The van der Waals surface area contributed by atoms with Crippen molar-refractivity contribution in [2.75, 3.05) is 16.8 Å². The zero-order valence-corrected chi connectivity index (χ0v) is 18.4. The molecule has 5 rings (SSSR count). The molecule has 0 fully saturated rings. The molecule has 0 saturated carbocycles. The van der Waals surface area contributed by atoms with Crippen molar-refractivity contribution < 1.29 is 14.0 Å². The Morgan fingerprint density at radius 1 is 1.15 bits per heavy atom. The zero-order chi connectivity index (χ0) is 22.9. The van der Waals surface area contributed by atoms with Crippen LogP contribution in [-0.2, 0) is 6.42 Å². The molecule has 4 aromatic rings. The molecule has 7 nitrogen and oxygen atoms in total. The lowest BCUT2D eigenvalue weighted by Gasteiger charge is -2.17. The highest BCUT2D eigenvalue weighted by Crippen LogP contribution is 2.36. The van der Waals surface area contributed by atoms with Crippen LogP contribution in [0.1, 0.15) is 31.3 Å². The van der Waals surface area contributed by atoms with Gasteiger partial charge >= 0.3 is 0 Å². The van der Waals surface area contributed by atoms with Gasteiger partial charge in [-0.05, 0) is 49.2 Å². The number of hydrogen-bond acceptors (Lipinski definition) is 6. The van der Waals surface area contributed by atoms with Gasteiger partial charge in [-0.15, -0.1) is 11.3 Å². The first-order valence-electron chi connectivity index (χ1n) is 10.2. The van der Waals surface area contributed by atoms with E-state index in [4.69, 9.17) is 0 Å². The van der Waals surface area contributed by atoms with Gasteiger partial charge in [-0.25, -0.2) is 14.4 Å². The molecule has 0 saturated heterocycles. The van der Waals surface area contributed by atoms with E-state index in [1.807, 2.05) is 25.1 Å². The van der Waals surface area contributed by atoms with Crippen LogP contribution in [0.15, 0.2) is 61.1 Å². The first kappa shape index (κ1) is 20.9. The maximum atomic E-state index is 13.6. The Hall–Kier alpha value is -3.98. The SMILES string of the molecule is Cc1sc(NC(=O)c2cnccn2)nc1-c1ccc2c(c1)CCN2C(=O)c1cccc(F)c1. The van der Waals surface area contributed by atoms with Gasteiger partial charge in [0.25, 0.3) is 11.8 Å². The average Bonchev–Trinajstić information content (AvgIpc) is 3.41. The Bertz CT molecular complexity index is 1370. The predicted molar refractivity (Wildman–Crippen MR) is 124 cm³/mol. The summed E-state index contributed by atoms with van der Waals surface area (Å²) in [5, 5.41) is 3.24. The molecule has 0 unspecified atom stereocenters. The van der Waals surface area contributed by atoms with E-state index in [9.17, 15) is 14.0 Å². The van der Waals surface area contributed by atoms with Crippen LogP contribution < -0.4 is 10.2 Å². The Morgan fingerprint density at radius 2 is 2.03 bits per heavy atom. The van der Waals surface area contributed by atoms with Gasteiger partial charge in [0.1, 0.15) is 11.5 Å². The van der Waals surface area contributed by atoms with Crippen molar-refractivity contribution in [3.63, 3.8) is 0 Å². The molecule has 9 heteroatoms. The molecule has 2 aromatic carbocycles. The Kier molecular flexibility index (Phi) is 5.39. The average molecular weight is 460 g/mol. The summed E-state index contributed by atoms with van der Waals surface area (Å²) in [5.74, 6) is -1.03. The molecule has 0 atom stereocenters. The van der Waals surface area contributed by atoms with Gasteiger partial charge in [0, 0.05) is 40.6 Å². The number of amides is 2. The number of nitrogens with zero attached hydrogens (tertiary/aromatic N) is 4. The standard InChI is InChI=1S/C24H18FN5O2S/c1-14-21(28-24(33-14)29-22(31)19-13-26-8-9-27-19)16-5-6-20-15(11-16)7-10-30(20)23(32)17-3-2-4-18(25)12-17/h2-6,8-9,11-13H,7,10H2,1H3,(H,28,29,31). The van der Waals surface area contributed by atoms with Crippen LogP contribution in [0.2, 0.25) is 0 Å². The number of anilines is 2. The minimum Gasteiger partial charge on any atom is -0.308 e. The van der Waals surface area contributed by atoms with Crippen molar-refractivity contribution in [2.45, 2.75) is 13.3 Å². The van der Waals surface area contributed by atoms with E-state index in [1.165, 1.54) is 48.1 Å². The summed E-state index contributed by atoms with van der Waals surface area (Å²) in [4.78, 5) is 40.4. The second-order valence-corrected chi connectivity index (χ2v) is 8.73. The number of rotatable bonds is 4. The van der Waals surface area contributed by atoms with Gasteiger partial charge in [0.2, 0.25) is 0 Å². The van der Waals surface area contributed by atoms with Crippen LogP contribution in [0, 0.1) is 12.7 Å². The molecule has 2 aromatic heterocycles. The monoisotopic (exact) mass is 459 g/mol. The van der Waals surface area contributed by atoms with Gasteiger partial charge in [0.15, 0.2) is 5.13 Å². The third kappa shape index (κ3) is 4.10. The smallest absolute Gasteiger partial charge is 0.277 e. The summed E-state index contributed by atoms with van der Waals surface area (Å²) >= 11 is 1.38. The quantitative estimate of drug-likeness (QED) is 0.485. The van der Waals surface area contributed by atoms with E-state index in [-0.39, 0.29) is 17.5 Å². The van der Waals surface area contributed by atoms with E-state index in [2.05, 4.69) is 20.3 Å². The number of carbonyl (C=O) groups is 2. The highest BCUT2D eigenvalue weighted by Gasteiger charge is 2.26. The molecule has 2 amide bonds. The van der Waals surface area contributed by atoms with Crippen molar-refractivity contribution >= 4 is 34.0 Å². The van der Waals surface area contributed by atoms with E-state index in [0.29, 0.717) is 23.7 Å². The molecule has 1 aliphatic rings. The summed E-state index contributed by atoms with van der Waals surface area (Å²) in [7, 11) is 0. The topological polar surface area (TPSA) is 88.1 Å². The number of aromatic nitrogens is 3. The lowest BCUT2D eigenvalue weighted by Crippen LogP contribution is -2.28. The molecule has 0 aliphatic carbocycles. The lowest BCUT2D eigenvalue weighted by molar-refractivity contribution is 0.0987. The summed E-state index contributed by atoms with van der Waals surface area (Å²) in [6.07, 6.45) is 5.06. The van der Waals surface area contributed by atoms with Gasteiger partial charge in [-0.3, -0.25) is 19.9 Å². The highest BCUT2D eigenvalue weighted by molar-refractivity contribution is 7.16. The summed E-state index contributed by atoms with van der Waals surface area (Å²) in [6.45, 7) is 2.47. The van der Waals surface area contributed by atoms with Crippen molar-refractivity contribution in [3.8, 4) is 11.3 Å². The summed E-state index contributed by atoms with van der Waals surface area (Å²) in [5.41, 5.74) is 4.06. The highest BCUT2D eigenvalue weighted by atomic mass is 32.1. The van der Waals surface area contributed by atoms with Crippen LogP contribution in [0.3, 0.4) is 0 Å². The number of halogens is 1. The summed E-state index contributed by atoms with van der Waals surface area (Å²) in [6, 6.07) is 11.6. The number of nitrogens with one attached hydrogen (secondary N) is 1. The fourth-order valence-electron chi connectivity index (χ4n) is 3.83. The van der Waals surface area contributed by atoms with Gasteiger partial charge in [-0.2, -0.15) is 0 Å². The first-order chi connectivity index (χ1) is 16.0. The largest absolute Gasteiger partial charge is 0.308 e. The number of aryl methyl sites for hydroxylation is 1. The van der Waals surface area contributed by atoms with Crippen molar-refractivity contribution in [1.82, 2.24) is 15.0 Å². The van der Waals surface area contributed by atoms with Crippen LogP contribution in [0.4, 0.5) is 15.2 Å². The molecule has 1 N–H and O–H groups in total. The Balaban J connectivity index is 1.38. The molecule has 0 spiro atoms. The predicted octanol–water partition coefficient (Wildman–Crippen LogP) is 4.50. The van der Waals surface area contributed by atoms with Crippen molar-refractivity contribution in [1.29, 1.82) is 0 Å². The second-order valence-electron chi connectivity index (χ2n) is 7.53. The van der Waals surface area contributed by atoms with E-state index < -0.39 is 5.82 Å². The fourth-order valence-corrected chi connectivity index (χ4v) is 4.66. The minimum atomic E-state index is -0.433. The summed E-state index contributed by atoms with van der Waals surface area (Å²) < 4.78 is 13.6. The number of benzene rings is 2. The molecule has 3 heterocycles. The third-order valence-electron chi connectivity index (χ3n) is 5.38. The molecular formula is C24H18FN5O2S. The molecule has 0 bridgehead atoms. The lowest BCUT2D eigenvalue weighted by atomic mass is 10.1. The molecule has 33 heavy (non-hydrogen) atoms. The molecule has 164 valence electrons. The van der Waals surface area contributed by atoms with Crippen LogP contribution >= 0.6 is 11.3 Å². The zero-order valence-electron chi connectivity index (χ0n) is 17.6. The first-order valence-corrected chi connectivity index (χ1v) is 11.1. The number of hydrogen-bond donors (Lipinski definition) is 1. The van der Waals surface area contributed by atoms with Crippen LogP contribution in [0.5, 0.6) is 0 Å². The van der Waals surface area contributed by atoms with Gasteiger partial charge in [-0.1, -0.05) is 12.1 Å². The number of thiazole rings is 1. The minimum absolute atomic E-state index is 0.215. The second kappa shape index (κ2) is 8.51. The molecule has 1 aliphatic heterocycles. The Morgan fingerprint density at radius 3 is 2.82 bits per heavy atom. The van der Waals surface area contributed by atoms with Gasteiger partial charge in [0.05, 0.1) is 11.9 Å². The third-order valence-corrected chi connectivity index (χ3v) is 6.26. The van der Waals surface area contributed by atoms with E-state index >= 15 is 0 Å². The van der Waals surface area contributed by atoms with Crippen molar-refractivity contribution in [2.24, 2.45) is 0 Å². The molecule has 0 radical (unpaired) electrons.